The number of benzene rings is 1. The first kappa shape index (κ1) is 17.6. The van der Waals surface area contributed by atoms with Gasteiger partial charge < -0.3 is 10.1 Å². The molecule has 0 saturated heterocycles. The molecule has 4 heteroatoms. The zero-order valence-electron chi connectivity index (χ0n) is 13.4. The maximum absolute atomic E-state index is 13.0. The molecule has 1 atom stereocenters. The molecular weight excluding hydrogens is 269 g/mol. The second-order valence-corrected chi connectivity index (χ2v) is 5.88. The highest BCUT2D eigenvalue weighted by molar-refractivity contribution is 5.76. The average Bonchev–Trinajstić information content (AvgIpc) is 2.41. The minimum Gasteiger partial charge on any atom is -0.377 e. The smallest absolute Gasteiger partial charge is 0.220 e. The first-order valence-electron chi connectivity index (χ1n) is 7.54. The SMILES string of the molecule is CC(C)OCCNC(=O)CC(c1ccc(F)cc1)C(C)C. The predicted molar refractivity (Wildman–Crippen MR) is 82.7 cm³/mol. The lowest BCUT2D eigenvalue weighted by Crippen LogP contribution is -2.30. The number of rotatable bonds is 8. The number of hydrogen-bond donors (Lipinski definition) is 1. The molecule has 0 fully saturated rings. The predicted octanol–water partition coefficient (Wildman–Crippen LogP) is 3.50. The van der Waals surface area contributed by atoms with E-state index in [4.69, 9.17) is 4.74 Å². The van der Waals surface area contributed by atoms with Gasteiger partial charge in [0.15, 0.2) is 0 Å². The molecule has 0 aliphatic rings. The van der Waals surface area contributed by atoms with E-state index < -0.39 is 0 Å². The molecule has 0 aliphatic heterocycles. The Morgan fingerprint density at radius 1 is 1.19 bits per heavy atom. The third-order valence-electron chi connectivity index (χ3n) is 3.38. The molecule has 0 radical (unpaired) electrons. The third-order valence-corrected chi connectivity index (χ3v) is 3.38. The van der Waals surface area contributed by atoms with Crippen molar-refractivity contribution < 1.29 is 13.9 Å². The van der Waals surface area contributed by atoms with E-state index in [2.05, 4.69) is 19.2 Å². The van der Waals surface area contributed by atoms with Crippen LogP contribution in [0.15, 0.2) is 24.3 Å². The number of carbonyl (C=O) groups excluding carboxylic acids is 1. The first-order valence-corrected chi connectivity index (χ1v) is 7.54. The van der Waals surface area contributed by atoms with E-state index >= 15 is 0 Å². The fraction of sp³-hybridized carbons (Fsp3) is 0.588. The van der Waals surface area contributed by atoms with Crippen molar-refractivity contribution in [1.82, 2.24) is 5.32 Å². The molecule has 3 nitrogen and oxygen atoms in total. The van der Waals surface area contributed by atoms with E-state index in [1.165, 1.54) is 12.1 Å². The number of ether oxygens (including phenoxy) is 1. The van der Waals surface area contributed by atoms with Crippen molar-refractivity contribution in [2.75, 3.05) is 13.2 Å². The summed E-state index contributed by atoms with van der Waals surface area (Å²) < 4.78 is 18.4. The molecule has 1 aromatic carbocycles. The van der Waals surface area contributed by atoms with Crippen molar-refractivity contribution >= 4 is 5.91 Å². The van der Waals surface area contributed by atoms with Crippen LogP contribution < -0.4 is 5.32 Å². The third kappa shape index (κ3) is 6.71. The largest absolute Gasteiger partial charge is 0.377 e. The highest BCUT2D eigenvalue weighted by Gasteiger charge is 2.19. The Kier molecular flexibility index (Phi) is 7.37. The molecule has 118 valence electrons. The molecule has 1 N–H and O–H groups in total. The summed E-state index contributed by atoms with van der Waals surface area (Å²) in [6.45, 7) is 9.11. The molecule has 1 rings (SSSR count). The van der Waals surface area contributed by atoms with Gasteiger partial charge in [-0.25, -0.2) is 4.39 Å². The second-order valence-electron chi connectivity index (χ2n) is 5.88. The van der Waals surface area contributed by atoms with Gasteiger partial charge in [-0.3, -0.25) is 4.79 Å². The average molecular weight is 295 g/mol. The van der Waals surface area contributed by atoms with Crippen LogP contribution in [0.3, 0.4) is 0 Å². The van der Waals surface area contributed by atoms with Gasteiger partial charge >= 0.3 is 0 Å². The maximum atomic E-state index is 13.0. The molecular formula is C17H26FNO2. The van der Waals surface area contributed by atoms with Gasteiger partial charge in [0.2, 0.25) is 5.91 Å². The Labute approximate surface area is 126 Å². The van der Waals surface area contributed by atoms with Gasteiger partial charge in [0.1, 0.15) is 5.82 Å². The quantitative estimate of drug-likeness (QED) is 0.745. The lowest BCUT2D eigenvalue weighted by Gasteiger charge is -2.21. The van der Waals surface area contributed by atoms with Crippen LogP contribution >= 0.6 is 0 Å². The van der Waals surface area contributed by atoms with Crippen molar-refractivity contribution in [3.05, 3.63) is 35.6 Å². The number of carbonyl (C=O) groups is 1. The lowest BCUT2D eigenvalue weighted by atomic mass is 9.85. The summed E-state index contributed by atoms with van der Waals surface area (Å²) in [7, 11) is 0. The van der Waals surface area contributed by atoms with Crippen LogP contribution in [0.4, 0.5) is 4.39 Å². The van der Waals surface area contributed by atoms with Crippen LogP contribution in [0, 0.1) is 11.7 Å². The van der Waals surface area contributed by atoms with Crippen molar-refractivity contribution in [2.45, 2.75) is 46.1 Å². The molecule has 0 aromatic heterocycles. The van der Waals surface area contributed by atoms with E-state index in [1.54, 1.807) is 12.1 Å². The van der Waals surface area contributed by atoms with E-state index in [0.717, 1.165) is 5.56 Å². The standard InChI is InChI=1S/C17H26FNO2/c1-12(2)16(14-5-7-15(18)8-6-14)11-17(20)19-9-10-21-13(3)4/h5-8,12-13,16H,9-11H2,1-4H3,(H,19,20). The van der Waals surface area contributed by atoms with Gasteiger partial charge in [0.25, 0.3) is 0 Å². The van der Waals surface area contributed by atoms with Crippen LogP contribution in [-0.2, 0) is 9.53 Å². The van der Waals surface area contributed by atoms with Crippen LogP contribution in [0.2, 0.25) is 0 Å². The highest BCUT2D eigenvalue weighted by atomic mass is 19.1. The zero-order valence-corrected chi connectivity index (χ0v) is 13.4. The van der Waals surface area contributed by atoms with Crippen LogP contribution in [-0.4, -0.2) is 25.2 Å². The molecule has 1 unspecified atom stereocenters. The van der Waals surface area contributed by atoms with Gasteiger partial charge in [-0.2, -0.15) is 0 Å². The minimum atomic E-state index is -0.253. The molecule has 0 aliphatic carbocycles. The summed E-state index contributed by atoms with van der Waals surface area (Å²) in [5.74, 6) is 0.159. The molecule has 0 spiro atoms. The minimum absolute atomic E-state index is 0.00498. The van der Waals surface area contributed by atoms with Gasteiger partial charge in [0, 0.05) is 13.0 Å². The molecule has 0 saturated carbocycles. The highest BCUT2D eigenvalue weighted by Crippen LogP contribution is 2.27. The lowest BCUT2D eigenvalue weighted by molar-refractivity contribution is -0.122. The van der Waals surface area contributed by atoms with Crippen molar-refractivity contribution in [3.8, 4) is 0 Å². The second kappa shape index (κ2) is 8.78. The molecule has 0 bridgehead atoms. The van der Waals surface area contributed by atoms with Gasteiger partial charge in [0.05, 0.1) is 12.7 Å². The fourth-order valence-corrected chi connectivity index (χ4v) is 2.21. The van der Waals surface area contributed by atoms with E-state index in [-0.39, 0.29) is 23.7 Å². The summed E-state index contributed by atoms with van der Waals surface area (Å²) in [5.41, 5.74) is 1.000. The molecule has 1 amide bonds. The number of hydrogen-bond acceptors (Lipinski definition) is 2. The normalized spacial score (nSPS) is 12.7. The van der Waals surface area contributed by atoms with E-state index in [0.29, 0.717) is 25.5 Å². The Morgan fingerprint density at radius 2 is 1.81 bits per heavy atom. The fourth-order valence-electron chi connectivity index (χ4n) is 2.21. The Hall–Kier alpha value is -1.42. The number of nitrogens with one attached hydrogen (secondary N) is 1. The topological polar surface area (TPSA) is 38.3 Å². The summed E-state index contributed by atoms with van der Waals surface area (Å²) >= 11 is 0. The number of halogens is 1. The van der Waals surface area contributed by atoms with Gasteiger partial charge in [-0.1, -0.05) is 26.0 Å². The monoisotopic (exact) mass is 295 g/mol. The van der Waals surface area contributed by atoms with E-state index in [1.807, 2.05) is 13.8 Å². The summed E-state index contributed by atoms with van der Waals surface area (Å²) in [5, 5.41) is 2.87. The van der Waals surface area contributed by atoms with Crippen LogP contribution in [0.5, 0.6) is 0 Å². The van der Waals surface area contributed by atoms with Crippen molar-refractivity contribution in [3.63, 3.8) is 0 Å². The summed E-state index contributed by atoms with van der Waals surface area (Å²) in [6, 6.07) is 6.41. The van der Waals surface area contributed by atoms with Crippen LogP contribution in [0.25, 0.3) is 0 Å². The van der Waals surface area contributed by atoms with Crippen molar-refractivity contribution in [1.29, 1.82) is 0 Å². The molecule has 21 heavy (non-hydrogen) atoms. The van der Waals surface area contributed by atoms with Crippen molar-refractivity contribution in [2.24, 2.45) is 5.92 Å². The van der Waals surface area contributed by atoms with Crippen LogP contribution in [0.1, 0.15) is 45.6 Å². The Morgan fingerprint density at radius 3 is 2.33 bits per heavy atom. The Bertz CT molecular complexity index is 429. The summed E-state index contributed by atoms with van der Waals surface area (Å²) in [4.78, 5) is 12.0. The maximum Gasteiger partial charge on any atom is 0.220 e. The molecule has 0 heterocycles. The summed E-state index contributed by atoms with van der Waals surface area (Å²) in [6.07, 6.45) is 0.579. The number of amides is 1. The zero-order chi connectivity index (χ0) is 15.8. The van der Waals surface area contributed by atoms with E-state index in [9.17, 15) is 9.18 Å². The Balaban J connectivity index is 2.51. The molecule has 1 aromatic rings. The van der Waals surface area contributed by atoms with Gasteiger partial charge in [-0.15, -0.1) is 0 Å². The van der Waals surface area contributed by atoms with Gasteiger partial charge in [-0.05, 0) is 43.4 Å². The first-order chi connectivity index (χ1) is 9.90.